The maximum Gasteiger partial charge on any atom is 0.326 e. The molecule has 0 bridgehead atoms. The van der Waals surface area contributed by atoms with E-state index in [1.54, 1.807) is 0 Å². The first-order chi connectivity index (χ1) is 32.0. The molecular formula is C46H75BrN2O18. The summed E-state index contributed by atoms with van der Waals surface area (Å²) in [5, 5.41) is 42.5. The Kier molecular flexibility index (Phi) is 39.3. The Morgan fingerprint density at radius 2 is 0.925 bits per heavy atom. The smallest absolute Gasteiger partial charge is 0.326 e. The molecule has 0 radical (unpaired) electrons. The number of carboxylic acids is 4. The van der Waals surface area contributed by atoms with Crippen LogP contribution in [0.5, 0.6) is 0 Å². The lowest BCUT2D eigenvalue weighted by Gasteiger charge is -2.16. The van der Waals surface area contributed by atoms with E-state index in [1.807, 2.05) is 0 Å². The predicted molar refractivity (Wildman–Crippen MR) is 246 cm³/mol. The van der Waals surface area contributed by atoms with Gasteiger partial charge in [-0.15, -0.1) is 0 Å². The second kappa shape index (κ2) is 42.0. The van der Waals surface area contributed by atoms with Crippen LogP contribution in [0.1, 0.15) is 148 Å². The number of ether oxygens (including phenoxy) is 4. The monoisotopic (exact) mass is 1020 g/mol. The van der Waals surface area contributed by atoms with Crippen molar-refractivity contribution in [2.45, 2.75) is 154 Å². The molecule has 0 rings (SSSR count). The Hall–Kier alpha value is -4.18. The van der Waals surface area contributed by atoms with Crippen molar-refractivity contribution in [3.63, 3.8) is 0 Å². The molecule has 0 aromatic heterocycles. The number of nitrogens with one attached hydrogen (secondary N) is 2. The van der Waals surface area contributed by atoms with Crippen LogP contribution in [0.4, 0.5) is 0 Å². The number of halogens is 1. The summed E-state index contributed by atoms with van der Waals surface area (Å²) >= 11 is 3.10. The summed E-state index contributed by atoms with van der Waals surface area (Å²) in [6, 6.07) is -1.35. The van der Waals surface area contributed by atoms with Crippen molar-refractivity contribution in [2.75, 3.05) is 64.7 Å². The van der Waals surface area contributed by atoms with E-state index >= 15 is 0 Å². The SMILES string of the molecule is O=C(O)CCCCCCCCCCC(=O)C[C@@H](CCC(=O)N[C@@H](CCC(=O)CCCOCCOCC(=O)NCCOCCOCC(=O)C[C@@H](CCCCCC(=O)CBr)C(=O)O)C(=O)O)C(=O)O. The van der Waals surface area contributed by atoms with Crippen LogP contribution in [0.25, 0.3) is 0 Å². The molecule has 3 atom stereocenters. The van der Waals surface area contributed by atoms with E-state index in [0.29, 0.717) is 56.7 Å². The third-order valence-corrected chi connectivity index (χ3v) is 11.1. The average molecular weight is 1020 g/mol. The second-order valence-electron chi connectivity index (χ2n) is 16.4. The standard InChI is InChI=1S/C46H75BrN2O18/c47-31-38(52)15-10-7-8-13-34(44(58)59)30-39(53)32-66-27-26-65-24-22-48-42(55)33-67-28-25-64-23-12-16-36(50)19-20-40(46(62)63)49-41(54)21-18-35(45(60)61)29-37(51)14-9-5-3-1-2-4-6-11-17-43(56)57/h34-35,40H,1-33H2,(H,48,55)(H,49,54)(H,56,57)(H,58,59)(H,60,61)(H,62,63)/t34-,35-,40+/m1/s1. The van der Waals surface area contributed by atoms with Crippen molar-refractivity contribution in [1.82, 2.24) is 10.6 Å². The summed E-state index contributed by atoms with van der Waals surface area (Å²) < 4.78 is 21.3. The Balaban J connectivity index is 4.01. The molecule has 384 valence electrons. The Bertz CT molecular complexity index is 1490. The molecule has 0 aliphatic carbocycles. The zero-order valence-corrected chi connectivity index (χ0v) is 40.5. The third-order valence-electron chi connectivity index (χ3n) is 10.5. The molecular weight excluding hydrogens is 948 g/mol. The number of carbonyl (C=O) groups excluding carboxylic acids is 6. The normalized spacial score (nSPS) is 12.4. The first-order valence-electron chi connectivity index (χ1n) is 23.5. The van der Waals surface area contributed by atoms with Crippen LogP contribution in [0.2, 0.25) is 0 Å². The largest absolute Gasteiger partial charge is 0.481 e. The van der Waals surface area contributed by atoms with Gasteiger partial charge in [0.1, 0.15) is 36.6 Å². The van der Waals surface area contributed by atoms with Crippen LogP contribution in [-0.4, -0.2) is 150 Å². The highest BCUT2D eigenvalue weighted by Gasteiger charge is 2.25. The summed E-state index contributed by atoms with van der Waals surface area (Å²) in [5.41, 5.74) is 0. The quantitative estimate of drug-likeness (QED) is 0.0350. The van der Waals surface area contributed by atoms with Gasteiger partial charge in [0.2, 0.25) is 11.8 Å². The Morgan fingerprint density at radius 3 is 1.52 bits per heavy atom. The van der Waals surface area contributed by atoms with Gasteiger partial charge in [0.25, 0.3) is 0 Å². The number of ketones is 4. The van der Waals surface area contributed by atoms with Crippen molar-refractivity contribution in [2.24, 2.45) is 11.8 Å². The molecule has 2 amide bonds. The lowest BCUT2D eigenvalue weighted by molar-refractivity contribution is -0.145. The summed E-state index contributed by atoms with van der Waals surface area (Å²) in [4.78, 5) is 118. The van der Waals surface area contributed by atoms with E-state index in [0.717, 1.165) is 38.5 Å². The number of hydrogen-bond donors (Lipinski definition) is 6. The Labute approximate surface area is 401 Å². The highest BCUT2D eigenvalue weighted by atomic mass is 79.9. The zero-order valence-electron chi connectivity index (χ0n) is 38.9. The lowest BCUT2D eigenvalue weighted by atomic mass is 9.94. The van der Waals surface area contributed by atoms with Crippen molar-refractivity contribution in [3.8, 4) is 0 Å². The number of rotatable bonds is 49. The van der Waals surface area contributed by atoms with Crippen LogP contribution >= 0.6 is 15.9 Å². The number of carboxylic acid groups (broad SMARTS) is 4. The maximum absolute atomic E-state index is 12.5. The fraction of sp³-hybridized carbons (Fsp3) is 0.783. The van der Waals surface area contributed by atoms with Crippen LogP contribution in [0, 0.1) is 11.8 Å². The van der Waals surface area contributed by atoms with E-state index in [4.69, 9.17) is 24.1 Å². The second-order valence-corrected chi connectivity index (χ2v) is 17.0. The van der Waals surface area contributed by atoms with Gasteiger partial charge in [-0.3, -0.25) is 43.2 Å². The molecule has 0 spiro atoms. The highest BCUT2D eigenvalue weighted by Crippen LogP contribution is 2.18. The van der Waals surface area contributed by atoms with Crippen molar-refractivity contribution >= 4 is 74.8 Å². The first kappa shape index (κ1) is 62.8. The van der Waals surface area contributed by atoms with Crippen molar-refractivity contribution in [1.29, 1.82) is 0 Å². The molecule has 0 saturated carbocycles. The van der Waals surface area contributed by atoms with E-state index in [9.17, 15) is 63.3 Å². The molecule has 0 saturated heterocycles. The molecule has 0 aromatic carbocycles. The molecule has 0 aliphatic heterocycles. The molecule has 6 N–H and O–H groups in total. The minimum absolute atomic E-state index is 0.0959. The fourth-order valence-corrected chi connectivity index (χ4v) is 6.97. The van der Waals surface area contributed by atoms with Crippen LogP contribution in [0.15, 0.2) is 0 Å². The van der Waals surface area contributed by atoms with Gasteiger partial charge in [0.15, 0.2) is 5.78 Å². The van der Waals surface area contributed by atoms with Crippen LogP contribution in [-0.2, 0) is 66.9 Å². The average Bonchev–Trinajstić information content (AvgIpc) is 3.27. The molecule has 0 aromatic rings. The highest BCUT2D eigenvalue weighted by molar-refractivity contribution is 9.09. The van der Waals surface area contributed by atoms with Gasteiger partial charge in [0.05, 0.1) is 50.2 Å². The number of amides is 2. The van der Waals surface area contributed by atoms with Gasteiger partial charge < -0.3 is 50.0 Å². The van der Waals surface area contributed by atoms with E-state index in [-0.39, 0.29) is 146 Å². The number of unbranched alkanes of at least 4 members (excludes halogenated alkanes) is 9. The summed E-state index contributed by atoms with van der Waals surface area (Å²) in [5.74, 6) is -8.03. The molecule has 67 heavy (non-hydrogen) atoms. The molecule has 0 aliphatic rings. The van der Waals surface area contributed by atoms with Gasteiger partial charge >= 0.3 is 23.9 Å². The van der Waals surface area contributed by atoms with Gasteiger partial charge in [-0.05, 0) is 44.9 Å². The maximum atomic E-state index is 12.5. The molecule has 0 fully saturated rings. The molecule has 20 nitrogen and oxygen atoms in total. The topological polar surface area (TPSA) is 313 Å². The minimum atomic E-state index is -1.35. The minimum Gasteiger partial charge on any atom is -0.481 e. The van der Waals surface area contributed by atoms with Gasteiger partial charge in [-0.25, -0.2) is 4.79 Å². The number of carbonyl (C=O) groups is 10. The van der Waals surface area contributed by atoms with Crippen molar-refractivity contribution in [3.05, 3.63) is 0 Å². The van der Waals surface area contributed by atoms with E-state index in [1.165, 1.54) is 0 Å². The predicted octanol–water partition coefficient (Wildman–Crippen LogP) is 4.87. The van der Waals surface area contributed by atoms with Crippen LogP contribution < -0.4 is 10.6 Å². The van der Waals surface area contributed by atoms with Gasteiger partial charge in [-0.2, -0.15) is 0 Å². The first-order valence-corrected chi connectivity index (χ1v) is 24.6. The number of hydrogen-bond acceptors (Lipinski definition) is 14. The number of alkyl halides is 1. The molecule has 21 heteroatoms. The van der Waals surface area contributed by atoms with Crippen LogP contribution in [0.3, 0.4) is 0 Å². The number of aliphatic carboxylic acids is 4. The summed E-state index contributed by atoms with van der Waals surface area (Å²) in [7, 11) is 0. The van der Waals surface area contributed by atoms with Gasteiger partial charge in [-0.1, -0.05) is 67.3 Å². The van der Waals surface area contributed by atoms with Crippen molar-refractivity contribution < 1.29 is 87.3 Å². The third kappa shape index (κ3) is 39.5. The summed E-state index contributed by atoms with van der Waals surface area (Å²) in [6.07, 6.45) is 9.39. The fourth-order valence-electron chi connectivity index (χ4n) is 6.69. The molecule has 0 unspecified atom stereocenters. The number of Topliss-reactive ketones (excluding diaryl/α,β-unsaturated/α-hetero) is 4. The van der Waals surface area contributed by atoms with E-state index < -0.39 is 47.7 Å². The summed E-state index contributed by atoms with van der Waals surface area (Å²) in [6.45, 7) is 0.707. The zero-order chi connectivity index (χ0) is 50.1. The van der Waals surface area contributed by atoms with Gasteiger partial charge in [0, 0.05) is 64.5 Å². The molecule has 0 heterocycles. The lowest BCUT2D eigenvalue weighted by Crippen LogP contribution is -2.41. The van der Waals surface area contributed by atoms with E-state index in [2.05, 4.69) is 26.6 Å². The Morgan fingerprint density at radius 1 is 0.418 bits per heavy atom.